The summed E-state index contributed by atoms with van der Waals surface area (Å²) in [6.07, 6.45) is -4.55. The average Bonchev–Trinajstić information content (AvgIpc) is 3.49. The molecule has 0 saturated carbocycles. The first-order valence-corrected chi connectivity index (χ1v) is 13.6. The molecule has 0 radical (unpaired) electrons. The Balaban J connectivity index is 1.23. The molecule has 0 aliphatic carbocycles. The van der Waals surface area contributed by atoms with E-state index >= 15 is 0 Å². The predicted octanol–water partition coefficient (Wildman–Crippen LogP) is 6.59. The molecule has 0 spiro atoms. The van der Waals surface area contributed by atoms with E-state index in [4.69, 9.17) is 9.72 Å². The van der Waals surface area contributed by atoms with Crippen molar-refractivity contribution in [3.8, 4) is 17.0 Å². The molecule has 6 rings (SSSR count). The number of amides is 2. The van der Waals surface area contributed by atoms with Crippen LogP contribution in [0, 0.1) is 0 Å². The Kier molecular flexibility index (Phi) is 6.85. The van der Waals surface area contributed by atoms with Crippen LogP contribution >= 0.6 is 11.3 Å². The van der Waals surface area contributed by atoms with Crippen molar-refractivity contribution in [2.75, 3.05) is 38.6 Å². The molecule has 1 aliphatic heterocycles. The number of methoxy groups -OCH3 is 1. The molecular formula is C29H26F3N5O2S. The monoisotopic (exact) mass is 565 g/mol. The summed E-state index contributed by atoms with van der Waals surface area (Å²) in [4.78, 5) is 22.6. The molecular weight excluding hydrogens is 539 g/mol. The summed E-state index contributed by atoms with van der Waals surface area (Å²) in [5.74, 6) is 0.786. The van der Waals surface area contributed by atoms with Gasteiger partial charge >= 0.3 is 12.2 Å². The van der Waals surface area contributed by atoms with Crippen molar-refractivity contribution in [1.29, 1.82) is 0 Å². The molecule has 0 bridgehead atoms. The Hall–Kier alpha value is -4.09. The first kappa shape index (κ1) is 26.1. The molecule has 11 heteroatoms. The Labute approximate surface area is 232 Å². The number of alkyl halides is 3. The number of hydrogen-bond acceptors (Lipinski definition) is 5. The van der Waals surface area contributed by atoms with Crippen LogP contribution in [0.3, 0.4) is 0 Å². The zero-order chi connectivity index (χ0) is 27.9. The number of fused-ring (bicyclic) bond motifs is 3. The van der Waals surface area contributed by atoms with Crippen LogP contribution in [-0.2, 0) is 12.7 Å². The van der Waals surface area contributed by atoms with Gasteiger partial charge in [-0.2, -0.15) is 13.2 Å². The van der Waals surface area contributed by atoms with Gasteiger partial charge < -0.3 is 15.0 Å². The Morgan fingerprint density at radius 2 is 1.73 bits per heavy atom. The zero-order valence-corrected chi connectivity index (χ0v) is 22.4. The van der Waals surface area contributed by atoms with Gasteiger partial charge in [-0.25, -0.2) is 9.78 Å². The van der Waals surface area contributed by atoms with E-state index in [1.54, 1.807) is 23.3 Å². The van der Waals surface area contributed by atoms with Gasteiger partial charge in [-0.1, -0.05) is 53.8 Å². The average molecular weight is 566 g/mol. The minimum atomic E-state index is -4.55. The van der Waals surface area contributed by atoms with Crippen LogP contribution in [0.15, 0.2) is 72.8 Å². The van der Waals surface area contributed by atoms with Crippen molar-refractivity contribution in [2.45, 2.75) is 12.7 Å². The number of aromatic nitrogens is 2. The normalized spacial score (nSPS) is 14.7. The SMILES string of the molecule is COc1ccc2c(c1)sc1nc(-c3ccccc3)c(CN3CCN(C(=O)Nc4ccccc4C(F)(F)F)CC3)n12. The van der Waals surface area contributed by atoms with Crippen LogP contribution < -0.4 is 10.1 Å². The maximum absolute atomic E-state index is 13.4. The quantitative estimate of drug-likeness (QED) is 0.261. The number of imidazole rings is 1. The van der Waals surface area contributed by atoms with Crippen LogP contribution in [0.1, 0.15) is 11.3 Å². The predicted molar refractivity (Wildman–Crippen MR) is 150 cm³/mol. The van der Waals surface area contributed by atoms with Crippen LogP contribution in [0.25, 0.3) is 26.4 Å². The van der Waals surface area contributed by atoms with Crippen LogP contribution in [0.5, 0.6) is 5.75 Å². The van der Waals surface area contributed by atoms with Crippen molar-refractivity contribution in [2.24, 2.45) is 0 Å². The van der Waals surface area contributed by atoms with Gasteiger partial charge in [-0.3, -0.25) is 9.30 Å². The second-order valence-corrected chi connectivity index (χ2v) is 10.6. The number of piperazine rings is 1. The van der Waals surface area contributed by atoms with Crippen molar-refractivity contribution < 1.29 is 22.7 Å². The molecule has 2 aromatic heterocycles. The first-order chi connectivity index (χ1) is 19.3. The minimum Gasteiger partial charge on any atom is -0.497 e. The third kappa shape index (κ3) is 4.98. The van der Waals surface area contributed by atoms with E-state index in [0.717, 1.165) is 43.9 Å². The number of benzene rings is 3. The molecule has 1 saturated heterocycles. The lowest BCUT2D eigenvalue weighted by Gasteiger charge is -2.34. The standard InChI is InChI=1S/C29H26F3N5O2S/c1-39-20-11-12-23-25(17-20)40-28-34-26(19-7-3-2-4-8-19)24(37(23)28)18-35-13-15-36(16-14-35)27(38)33-22-10-6-5-9-21(22)29(30,31)32/h2-12,17H,13-16,18H2,1H3,(H,33,38). The number of nitrogens with one attached hydrogen (secondary N) is 1. The largest absolute Gasteiger partial charge is 0.497 e. The fourth-order valence-electron chi connectivity index (χ4n) is 5.06. The summed E-state index contributed by atoms with van der Waals surface area (Å²) in [7, 11) is 1.65. The van der Waals surface area contributed by atoms with Crippen molar-refractivity contribution in [3.63, 3.8) is 0 Å². The molecule has 40 heavy (non-hydrogen) atoms. The van der Waals surface area contributed by atoms with E-state index in [2.05, 4.69) is 14.6 Å². The van der Waals surface area contributed by atoms with Crippen molar-refractivity contribution in [1.82, 2.24) is 19.2 Å². The van der Waals surface area contributed by atoms with Gasteiger partial charge in [0.2, 0.25) is 0 Å². The lowest BCUT2D eigenvalue weighted by molar-refractivity contribution is -0.136. The van der Waals surface area contributed by atoms with E-state index < -0.39 is 17.8 Å². The Morgan fingerprint density at radius 1 is 1.00 bits per heavy atom. The van der Waals surface area contributed by atoms with Gasteiger partial charge in [0, 0.05) is 38.3 Å². The highest BCUT2D eigenvalue weighted by molar-refractivity contribution is 7.23. The van der Waals surface area contributed by atoms with Crippen LogP contribution in [0.2, 0.25) is 0 Å². The van der Waals surface area contributed by atoms with Gasteiger partial charge in [-0.15, -0.1) is 0 Å². The van der Waals surface area contributed by atoms with Gasteiger partial charge in [0.15, 0.2) is 4.96 Å². The summed E-state index contributed by atoms with van der Waals surface area (Å²) in [6, 6.07) is 20.5. The Morgan fingerprint density at radius 3 is 2.45 bits per heavy atom. The number of nitrogens with zero attached hydrogens (tertiary/aromatic N) is 4. The van der Waals surface area contributed by atoms with Crippen molar-refractivity contribution in [3.05, 3.63) is 84.1 Å². The maximum atomic E-state index is 13.4. The summed E-state index contributed by atoms with van der Waals surface area (Å²) >= 11 is 1.60. The molecule has 5 aromatic rings. The zero-order valence-electron chi connectivity index (χ0n) is 21.6. The molecule has 206 valence electrons. The molecule has 3 heterocycles. The third-order valence-corrected chi connectivity index (χ3v) is 8.11. The van der Waals surface area contributed by atoms with Gasteiger partial charge in [0.25, 0.3) is 0 Å². The lowest BCUT2D eigenvalue weighted by Crippen LogP contribution is -2.49. The molecule has 0 atom stereocenters. The molecule has 0 unspecified atom stereocenters. The highest BCUT2D eigenvalue weighted by Crippen LogP contribution is 2.36. The number of thiazole rings is 1. The van der Waals surface area contributed by atoms with Crippen LogP contribution in [0.4, 0.5) is 23.7 Å². The number of halogens is 3. The molecule has 1 N–H and O–H groups in total. The highest BCUT2D eigenvalue weighted by atomic mass is 32.1. The molecule has 3 aromatic carbocycles. The maximum Gasteiger partial charge on any atom is 0.418 e. The summed E-state index contributed by atoms with van der Waals surface area (Å²) in [5.41, 5.74) is 2.93. The number of carbonyl (C=O) groups is 1. The van der Waals surface area contributed by atoms with Gasteiger partial charge in [0.05, 0.1) is 40.0 Å². The molecule has 1 fully saturated rings. The molecule has 7 nitrogen and oxygen atoms in total. The fraction of sp³-hybridized carbons (Fsp3) is 0.241. The smallest absolute Gasteiger partial charge is 0.418 e. The molecule has 1 aliphatic rings. The number of ether oxygens (including phenoxy) is 1. The van der Waals surface area contributed by atoms with Crippen molar-refractivity contribution >= 4 is 38.2 Å². The second-order valence-electron chi connectivity index (χ2n) is 9.56. The fourth-order valence-corrected chi connectivity index (χ4v) is 6.13. The second kappa shape index (κ2) is 10.5. The van der Waals surface area contributed by atoms with E-state index in [0.29, 0.717) is 32.7 Å². The topological polar surface area (TPSA) is 62.1 Å². The van der Waals surface area contributed by atoms with E-state index in [1.165, 1.54) is 18.2 Å². The lowest BCUT2D eigenvalue weighted by atomic mass is 10.1. The Bertz CT molecular complexity index is 1670. The summed E-state index contributed by atoms with van der Waals surface area (Å²) in [5, 5.41) is 2.45. The summed E-state index contributed by atoms with van der Waals surface area (Å²) < 4.78 is 48.8. The molecule has 2 amide bonds. The van der Waals surface area contributed by atoms with E-state index in [1.807, 2.05) is 48.5 Å². The third-order valence-electron chi connectivity index (χ3n) is 7.11. The number of anilines is 1. The van der Waals surface area contributed by atoms with Crippen LogP contribution in [-0.4, -0.2) is 58.5 Å². The highest BCUT2D eigenvalue weighted by Gasteiger charge is 2.34. The number of para-hydroxylation sites is 1. The number of carbonyl (C=O) groups excluding carboxylic acids is 1. The van der Waals surface area contributed by atoms with E-state index in [-0.39, 0.29) is 5.69 Å². The number of urea groups is 1. The van der Waals surface area contributed by atoms with Gasteiger partial charge in [-0.05, 0) is 30.3 Å². The number of rotatable bonds is 5. The van der Waals surface area contributed by atoms with Gasteiger partial charge in [0.1, 0.15) is 5.75 Å². The first-order valence-electron chi connectivity index (χ1n) is 12.8. The van der Waals surface area contributed by atoms with E-state index in [9.17, 15) is 18.0 Å². The number of hydrogen-bond donors (Lipinski definition) is 1. The summed E-state index contributed by atoms with van der Waals surface area (Å²) in [6.45, 7) is 2.54. The minimum absolute atomic E-state index is 0.238.